The van der Waals surface area contributed by atoms with E-state index in [1.54, 1.807) is 6.20 Å². The minimum atomic E-state index is 0.0349. The van der Waals surface area contributed by atoms with E-state index in [4.69, 9.17) is 4.42 Å². The number of halogens is 1. The van der Waals surface area contributed by atoms with Gasteiger partial charge < -0.3 is 9.73 Å². The average molecular weight is 351 g/mol. The number of hydrogen-bond donors (Lipinski definition) is 1. The highest BCUT2D eigenvalue weighted by atomic mass is 79.9. The van der Waals surface area contributed by atoms with Gasteiger partial charge in [0.15, 0.2) is 11.7 Å². The van der Waals surface area contributed by atoms with E-state index in [1.165, 1.54) is 0 Å². The highest BCUT2D eigenvalue weighted by Gasteiger charge is 2.10. The van der Waals surface area contributed by atoms with Crippen LogP contribution < -0.4 is 5.32 Å². The first-order valence-corrected chi connectivity index (χ1v) is 7.87. The second kappa shape index (κ2) is 7.41. The highest BCUT2D eigenvalue weighted by Crippen LogP contribution is 2.22. The van der Waals surface area contributed by atoms with Crippen molar-refractivity contribution in [2.45, 2.75) is 39.2 Å². The summed E-state index contributed by atoms with van der Waals surface area (Å²) < 4.78 is 6.71. The monoisotopic (exact) mass is 350 g/mol. The number of benzene rings is 1. The van der Waals surface area contributed by atoms with Crippen LogP contribution in [0.1, 0.15) is 32.6 Å². The summed E-state index contributed by atoms with van der Waals surface area (Å²) >= 11 is 3.40. The van der Waals surface area contributed by atoms with Gasteiger partial charge in [0.25, 0.3) is 0 Å². The van der Waals surface area contributed by atoms with Gasteiger partial charge in [0.2, 0.25) is 5.91 Å². The molecule has 0 fully saturated rings. The minimum Gasteiger partial charge on any atom is -0.441 e. The third-order valence-corrected chi connectivity index (χ3v) is 3.80. The molecule has 0 aliphatic carbocycles. The number of oxazole rings is 1. The maximum Gasteiger partial charge on any atom is 0.220 e. The van der Waals surface area contributed by atoms with E-state index in [0.717, 1.165) is 22.2 Å². The maximum absolute atomic E-state index is 11.7. The van der Waals surface area contributed by atoms with Gasteiger partial charge in [-0.3, -0.25) is 4.79 Å². The fourth-order valence-electron chi connectivity index (χ4n) is 1.84. The van der Waals surface area contributed by atoms with Gasteiger partial charge in [-0.25, -0.2) is 4.98 Å². The fraction of sp³-hybridized carbons (Fsp3) is 0.375. The lowest BCUT2D eigenvalue weighted by Gasteiger charge is -2.10. The number of rotatable bonds is 6. The van der Waals surface area contributed by atoms with E-state index in [0.29, 0.717) is 18.7 Å². The van der Waals surface area contributed by atoms with Gasteiger partial charge >= 0.3 is 0 Å². The Labute approximate surface area is 133 Å². The van der Waals surface area contributed by atoms with Crippen molar-refractivity contribution in [2.75, 3.05) is 0 Å². The number of nitrogens with one attached hydrogen (secondary N) is 1. The summed E-state index contributed by atoms with van der Waals surface area (Å²) in [6, 6.07) is 8.04. The summed E-state index contributed by atoms with van der Waals surface area (Å²) in [5.74, 6) is 1.35. The second-order valence-electron chi connectivity index (χ2n) is 5.00. The average Bonchev–Trinajstić information content (AvgIpc) is 2.94. The third-order valence-electron chi connectivity index (χ3n) is 3.27. The van der Waals surface area contributed by atoms with Gasteiger partial charge in [-0.1, -0.05) is 35.0 Å². The molecule has 0 aliphatic heterocycles. The van der Waals surface area contributed by atoms with Gasteiger partial charge in [0, 0.05) is 28.9 Å². The van der Waals surface area contributed by atoms with Crippen LogP contribution >= 0.6 is 15.9 Å². The number of hydrogen-bond acceptors (Lipinski definition) is 3. The van der Waals surface area contributed by atoms with E-state index >= 15 is 0 Å². The summed E-state index contributed by atoms with van der Waals surface area (Å²) in [6.07, 6.45) is 3.53. The molecule has 2 rings (SSSR count). The number of aryl methyl sites for hydroxylation is 1. The van der Waals surface area contributed by atoms with E-state index in [9.17, 15) is 4.79 Å². The van der Waals surface area contributed by atoms with Crippen molar-refractivity contribution in [1.82, 2.24) is 10.3 Å². The van der Waals surface area contributed by atoms with E-state index in [-0.39, 0.29) is 11.9 Å². The molecule has 4 nitrogen and oxygen atoms in total. The number of carbonyl (C=O) groups excluding carboxylic acids is 1. The van der Waals surface area contributed by atoms with Crippen molar-refractivity contribution in [3.8, 4) is 11.3 Å². The molecule has 0 unspecified atom stereocenters. The van der Waals surface area contributed by atoms with Crippen LogP contribution in [-0.2, 0) is 11.2 Å². The van der Waals surface area contributed by atoms with Crippen LogP contribution in [0.25, 0.3) is 11.3 Å². The Morgan fingerprint density at radius 2 is 2.10 bits per heavy atom. The van der Waals surface area contributed by atoms with Crippen molar-refractivity contribution < 1.29 is 9.21 Å². The molecule has 21 heavy (non-hydrogen) atoms. The predicted molar refractivity (Wildman–Crippen MR) is 85.9 cm³/mol. The second-order valence-corrected chi connectivity index (χ2v) is 5.92. The first-order chi connectivity index (χ1) is 10.1. The minimum absolute atomic E-state index is 0.0349. The number of amides is 1. The number of nitrogens with zero attached hydrogens (tertiary/aromatic N) is 1. The molecule has 1 amide bonds. The van der Waals surface area contributed by atoms with Crippen LogP contribution in [0.4, 0.5) is 0 Å². The van der Waals surface area contributed by atoms with Crippen molar-refractivity contribution in [1.29, 1.82) is 0 Å². The summed E-state index contributed by atoms with van der Waals surface area (Å²) in [4.78, 5) is 15.9. The van der Waals surface area contributed by atoms with Crippen LogP contribution in [0.5, 0.6) is 0 Å². The lowest BCUT2D eigenvalue weighted by molar-refractivity contribution is -0.121. The van der Waals surface area contributed by atoms with Crippen molar-refractivity contribution in [3.63, 3.8) is 0 Å². The Bertz CT molecular complexity index is 593. The van der Waals surface area contributed by atoms with Crippen LogP contribution in [0.3, 0.4) is 0 Å². The smallest absolute Gasteiger partial charge is 0.220 e. The Balaban J connectivity index is 1.91. The first-order valence-electron chi connectivity index (χ1n) is 7.08. The SMILES string of the molecule is CC[C@H](C)NC(=O)CCc1ncc(-c2ccc(Br)cc2)o1. The molecule has 1 aromatic heterocycles. The van der Waals surface area contributed by atoms with Crippen LogP contribution in [0.2, 0.25) is 0 Å². The van der Waals surface area contributed by atoms with Crippen molar-refractivity contribution >= 4 is 21.8 Å². The summed E-state index contributed by atoms with van der Waals surface area (Å²) in [6.45, 7) is 4.04. The van der Waals surface area contributed by atoms with Gasteiger partial charge in [0.05, 0.1) is 6.20 Å². The summed E-state index contributed by atoms with van der Waals surface area (Å²) in [5.41, 5.74) is 0.973. The van der Waals surface area contributed by atoms with Crippen LogP contribution in [0.15, 0.2) is 39.4 Å². The maximum atomic E-state index is 11.7. The Kier molecular flexibility index (Phi) is 5.56. The molecule has 5 heteroatoms. The molecular formula is C16H19BrN2O2. The summed E-state index contributed by atoms with van der Waals surface area (Å²) in [7, 11) is 0. The third kappa shape index (κ3) is 4.70. The predicted octanol–water partition coefficient (Wildman–Crippen LogP) is 3.95. The lowest BCUT2D eigenvalue weighted by Crippen LogP contribution is -2.32. The molecular weight excluding hydrogens is 332 g/mol. The van der Waals surface area contributed by atoms with E-state index < -0.39 is 0 Å². The largest absolute Gasteiger partial charge is 0.441 e. The quantitative estimate of drug-likeness (QED) is 0.857. The lowest BCUT2D eigenvalue weighted by atomic mass is 10.2. The van der Waals surface area contributed by atoms with E-state index in [2.05, 4.69) is 26.2 Å². The topological polar surface area (TPSA) is 55.1 Å². The Hall–Kier alpha value is -1.62. The number of carbonyl (C=O) groups is 1. The first kappa shape index (κ1) is 15.8. The van der Waals surface area contributed by atoms with Crippen LogP contribution in [-0.4, -0.2) is 16.9 Å². The van der Waals surface area contributed by atoms with E-state index in [1.807, 2.05) is 38.1 Å². The van der Waals surface area contributed by atoms with Gasteiger partial charge in [-0.2, -0.15) is 0 Å². The normalized spacial score (nSPS) is 12.1. The standard InChI is InChI=1S/C16H19BrN2O2/c1-3-11(2)19-15(20)8-9-16-18-10-14(21-16)12-4-6-13(17)7-5-12/h4-7,10-11H,3,8-9H2,1-2H3,(H,19,20)/t11-/m0/s1. The van der Waals surface area contributed by atoms with Crippen molar-refractivity contribution in [2.24, 2.45) is 0 Å². The Morgan fingerprint density at radius 1 is 1.38 bits per heavy atom. The molecule has 1 aromatic carbocycles. The summed E-state index contributed by atoms with van der Waals surface area (Å²) in [5, 5.41) is 2.93. The molecule has 1 atom stereocenters. The molecule has 2 aromatic rings. The highest BCUT2D eigenvalue weighted by molar-refractivity contribution is 9.10. The van der Waals surface area contributed by atoms with Crippen molar-refractivity contribution in [3.05, 3.63) is 40.8 Å². The molecule has 0 spiro atoms. The molecule has 1 heterocycles. The van der Waals surface area contributed by atoms with Gasteiger partial charge in [-0.15, -0.1) is 0 Å². The van der Waals surface area contributed by atoms with Gasteiger partial charge in [0.1, 0.15) is 0 Å². The van der Waals surface area contributed by atoms with Crippen LogP contribution in [0, 0.1) is 0 Å². The molecule has 0 saturated carbocycles. The molecule has 112 valence electrons. The molecule has 0 bridgehead atoms. The van der Waals surface area contributed by atoms with Gasteiger partial charge in [-0.05, 0) is 25.5 Å². The molecule has 0 radical (unpaired) electrons. The number of aromatic nitrogens is 1. The molecule has 0 aliphatic rings. The molecule has 1 N–H and O–H groups in total. The zero-order chi connectivity index (χ0) is 15.2. The fourth-order valence-corrected chi connectivity index (χ4v) is 2.11. The Morgan fingerprint density at radius 3 is 2.76 bits per heavy atom. The molecule has 0 saturated heterocycles. The zero-order valence-corrected chi connectivity index (χ0v) is 13.8. The zero-order valence-electron chi connectivity index (χ0n) is 12.2.